The summed E-state index contributed by atoms with van der Waals surface area (Å²) in [7, 11) is 0. The van der Waals surface area contributed by atoms with Crippen LogP contribution in [-0.2, 0) is 27.3 Å². The van der Waals surface area contributed by atoms with Crippen LogP contribution in [0.1, 0.15) is 15.9 Å². The molecule has 0 saturated carbocycles. The SMILES string of the molecule is Cc1ccc2cc(C(=O)O)ccc2c1.[Cd]. The Hall–Kier alpha value is -0.908. The second-order valence-corrected chi connectivity index (χ2v) is 3.37. The molecule has 0 unspecified atom stereocenters. The maximum Gasteiger partial charge on any atom is 0.335 e. The van der Waals surface area contributed by atoms with Gasteiger partial charge in [0, 0.05) is 27.3 Å². The summed E-state index contributed by atoms with van der Waals surface area (Å²) in [6.07, 6.45) is 0. The van der Waals surface area contributed by atoms with Crippen molar-refractivity contribution in [2.24, 2.45) is 0 Å². The van der Waals surface area contributed by atoms with Crippen molar-refractivity contribution in [2.75, 3.05) is 0 Å². The summed E-state index contributed by atoms with van der Waals surface area (Å²) in [5, 5.41) is 10.8. The van der Waals surface area contributed by atoms with Crippen LogP contribution in [0.15, 0.2) is 36.4 Å². The minimum Gasteiger partial charge on any atom is -0.478 e. The van der Waals surface area contributed by atoms with E-state index in [-0.39, 0.29) is 27.3 Å². The zero-order valence-corrected chi connectivity index (χ0v) is 12.6. The summed E-state index contributed by atoms with van der Waals surface area (Å²) in [6, 6.07) is 11.1. The number of benzene rings is 2. The molecule has 0 atom stereocenters. The molecule has 1 N–H and O–H groups in total. The fraction of sp³-hybridized carbons (Fsp3) is 0.0833. The molecule has 2 aromatic carbocycles. The van der Waals surface area contributed by atoms with E-state index in [1.807, 2.05) is 31.2 Å². The Labute approximate surface area is 108 Å². The van der Waals surface area contributed by atoms with Crippen LogP contribution in [0.2, 0.25) is 0 Å². The Morgan fingerprint density at radius 1 is 1.07 bits per heavy atom. The van der Waals surface area contributed by atoms with Gasteiger partial charge >= 0.3 is 5.97 Å². The van der Waals surface area contributed by atoms with E-state index in [0.29, 0.717) is 5.56 Å². The monoisotopic (exact) mass is 300 g/mol. The number of carboxylic acids is 1. The molecule has 0 fully saturated rings. The topological polar surface area (TPSA) is 37.3 Å². The van der Waals surface area contributed by atoms with Crippen molar-refractivity contribution in [3.63, 3.8) is 0 Å². The summed E-state index contributed by atoms with van der Waals surface area (Å²) < 4.78 is 0. The summed E-state index contributed by atoms with van der Waals surface area (Å²) in [5.41, 5.74) is 1.52. The number of rotatable bonds is 1. The molecule has 3 heteroatoms. The molecule has 0 aliphatic heterocycles. The van der Waals surface area contributed by atoms with Crippen LogP contribution in [0.4, 0.5) is 0 Å². The minimum atomic E-state index is -0.882. The van der Waals surface area contributed by atoms with Gasteiger partial charge in [-0.1, -0.05) is 29.8 Å². The average molecular weight is 299 g/mol. The predicted octanol–water partition coefficient (Wildman–Crippen LogP) is 2.84. The molecule has 0 aliphatic carbocycles. The van der Waals surface area contributed by atoms with Crippen LogP contribution in [-0.4, -0.2) is 11.1 Å². The molecule has 0 heterocycles. The summed E-state index contributed by atoms with van der Waals surface area (Å²) in [6.45, 7) is 2.02. The third kappa shape index (κ3) is 2.56. The third-order valence-electron chi connectivity index (χ3n) is 2.24. The molecule has 0 saturated heterocycles. The molecule has 0 amide bonds. The Bertz CT molecular complexity index is 506. The molecule has 2 rings (SSSR count). The molecule has 0 aromatic heterocycles. The van der Waals surface area contributed by atoms with Crippen molar-refractivity contribution < 1.29 is 37.2 Å². The molecule has 2 aromatic rings. The zero-order valence-electron chi connectivity index (χ0n) is 8.53. The van der Waals surface area contributed by atoms with Crippen molar-refractivity contribution >= 4 is 16.7 Å². The Kier molecular flexibility index (Phi) is 3.85. The molecule has 72 valence electrons. The van der Waals surface area contributed by atoms with Gasteiger partial charge in [0.2, 0.25) is 0 Å². The fourth-order valence-electron chi connectivity index (χ4n) is 1.50. The first-order valence-corrected chi connectivity index (χ1v) is 4.40. The van der Waals surface area contributed by atoms with Crippen LogP contribution < -0.4 is 0 Å². The molecule has 0 bridgehead atoms. The van der Waals surface area contributed by atoms with Crippen LogP contribution in [0.5, 0.6) is 0 Å². The van der Waals surface area contributed by atoms with Gasteiger partial charge in [0.1, 0.15) is 0 Å². The van der Waals surface area contributed by atoms with Gasteiger partial charge in [0.25, 0.3) is 0 Å². The van der Waals surface area contributed by atoms with Gasteiger partial charge < -0.3 is 5.11 Å². The van der Waals surface area contributed by atoms with Crippen molar-refractivity contribution in [3.05, 3.63) is 47.5 Å². The smallest absolute Gasteiger partial charge is 0.335 e. The van der Waals surface area contributed by atoms with Crippen molar-refractivity contribution in [3.8, 4) is 0 Å². The Balaban J connectivity index is 0.00000112. The summed E-state index contributed by atoms with van der Waals surface area (Å²) in [4.78, 5) is 10.7. The van der Waals surface area contributed by atoms with Gasteiger partial charge in [-0.3, -0.25) is 0 Å². The van der Waals surface area contributed by atoms with E-state index in [1.165, 1.54) is 5.56 Å². The number of hydrogen-bond donors (Lipinski definition) is 1. The van der Waals surface area contributed by atoms with Crippen LogP contribution in [0.25, 0.3) is 10.8 Å². The molecular weight excluding hydrogens is 289 g/mol. The van der Waals surface area contributed by atoms with Gasteiger partial charge in [-0.15, -0.1) is 0 Å². The Morgan fingerprint density at radius 2 is 1.67 bits per heavy atom. The van der Waals surface area contributed by atoms with Gasteiger partial charge in [0.05, 0.1) is 5.56 Å². The van der Waals surface area contributed by atoms with E-state index in [1.54, 1.807) is 12.1 Å². The standard InChI is InChI=1S/C12H10O2.Cd/c1-8-2-3-10-7-11(12(13)14)5-4-9(10)6-8;/h2-7H,1H3,(H,13,14);. The first-order chi connectivity index (χ1) is 6.66. The molecule has 0 aliphatic rings. The zero-order chi connectivity index (χ0) is 10.1. The van der Waals surface area contributed by atoms with Gasteiger partial charge in [0.15, 0.2) is 0 Å². The van der Waals surface area contributed by atoms with Crippen LogP contribution >= 0.6 is 0 Å². The average Bonchev–Trinajstić information content (AvgIpc) is 2.16. The van der Waals surface area contributed by atoms with Gasteiger partial charge in [-0.05, 0) is 29.8 Å². The number of aryl methyl sites for hydroxylation is 1. The van der Waals surface area contributed by atoms with E-state index >= 15 is 0 Å². The van der Waals surface area contributed by atoms with E-state index in [4.69, 9.17) is 5.11 Å². The van der Waals surface area contributed by atoms with Gasteiger partial charge in [-0.25, -0.2) is 4.79 Å². The maximum absolute atomic E-state index is 10.7. The van der Waals surface area contributed by atoms with Crippen molar-refractivity contribution in [1.82, 2.24) is 0 Å². The van der Waals surface area contributed by atoms with Crippen molar-refractivity contribution in [1.29, 1.82) is 0 Å². The third-order valence-corrected chi connectivity index (χ3v) is 2.24. The van der Waals surface area contributed by atoms with Gasteiger partial charge in [-0.2, -0.15) is 0 Å². The predicted molar refractivity (Wildman–Crippen MR) is 55.6 cm³/mol. The number of carbonyl (C=O) groups is 1. The quantitative estimate of drug-likeness (QED) is 0.822. The summed E-state index contributed by atoms with van der Waals surface area (Å²) >= 11 is 0. The maximum atomic E-state index is 10.7. The largest absolute Gasteiger partial charge is 0.478 e. The second kappa shape index (κ2) is 4.74. The molecule has 0 spiro atoms. The van der Waals surface area contributed by atoms with E-state index in [0.717, 1.165) is 10.8 Å². The summed E-state index contributed by atoms with van der Waals surface area (Å²) in [5.74, 6) is -0.882. The second-order valence-electron chi connectivity index (χ2n) is 3.37. The number of fused-ring (bicyclic) bond motifs is 1. The number of aromatic carboxylic acids is 1. The first-order valence-electron chi connectivity index (χ1n) is 4.40. The van der Waals surface area contributed by atoms with E-state index in [9.17, 15) is 4.79 Å². The first kappa shape index (κ1) is 12.2. The molecule has 15 heavy (non-hydrogen) atoms. The molecule has 2 nitrogen and oxygen atoms in total. The molecular formula is C12H10CdO2. The molecule has 0 radical (unpaired) electrons. The van der Waals surface area contributed by atoms with Crippen LogP contribution in [0, 0.1) is 6.92 Å². The number of hydrogen-bond acceptors (Lipinski definition) is 1. The Morgan fingerprint density at radius 3 is 2.33 bits per heavy atom. The van der Waals surface area contributed by atoms with Crippen LogP contribution in [0.3, 0.4) is 0 Å². The van der Waals surface area contributed by atoms with E-state index < -0.39 is 5.97 Å². The van der Waals surface area contributed by atoms with E-state index in [2.05, 4.69) is 0 Å². The fourth-order valence-corrected chi connectivity index (χ4v) is 1.50. The minimum absolute atomic E-state index is 0. The van der Waals surface area contributed by atoms with Crippen molar-refractivity contribution in [2.45, 2.75) is 6.92 Å². The number of carboxylic acid groups (broad SMARTS) is 1. The normalized spacial score (nSPS) is 9.67.